The Hall–Kier alpha value is -1.91. The molecule has 1 rings (SSSR count). The monoisotopic (exact) mass is 265 g/mol. The topological polar surface area (TPSA) is 67.6 Å². The number of hydrogen-bond acceptors (Lipinski definition) is 4. The van der Waals surface area contributed by atoms with Crippen molar-refractivity contribution in [2.75, 3.05) is 37.4 Å². The Balaban J connectivity index is 2.88. The second-order valence-electron chi connectivity index (χ2n) is 4.26. The Bertz CT molecular complexity index is 421. The van der Waals surface area contributed by atoms with Gasteiger partial charge in [0, 0.05) is 25.3 Å². The summed E-state index contributed by atoms with van der Waals surface area (Å²) in [5, 5.41) is 2.62. The number of amides is 1. The van der Waals surface area contributed by atoms with E-state index in [2.05, 4.69) is 5.32 Å². The molecule has 1 aromatic rings. The quantitative estimate of drug-likeness (QED) is 0.735. The van der Waals surface area contributed by atoms with Gasteiger partial charge in [-0.25, -0.2) is 0 Å². The summed E-state index contributed by atoms with van der Waals surface area (Å²) in [6.45, 7) is 5.75. The van der Waals surface area contributed by atoms with Crippen LogP contribution < -0.4 is 20.7 Å². The van der Waals surface area contributed by atoms with Gasteiger partial charge in [-0.2, -0.15) is 0 Å². The van der Waals surface area contributed by atoms with Gasteiger partial charge in [0.15, 0.2) is 0 Å². The van der Waals surface area contributed by atoms with Gasteiger partial charge in [0.1, 0.15) is 5.75 Å². The molecule has 106 valence electrons. The summed E-state index contributed by atoms with van der Waals surface area (Å²) in [7, 11) is 1.63. The number of nitrogens with one attached hydrogen (secondary N) is 1. The van der Waals surface area contributed by atoms with Gasteiger partial charge in [0.2, 0.25) is 5.91 Å². The highest BCUT2D eigenvalue weighted by Gasteiger charge is 2.11. The molecular weight excluding hydrogens is 242 g/mol. The summed E-state index contributed by atoms with van der Waals surface area (Å²) < 4.78 is 5.60. The minimum Gasteiger partial charge on any atom is -0.491 e. The van der Waals surface area contributed by atoms with Gasteiger partial charge in [-0.05, 0) is 25.5 Å². The zero-order valence-corrected chi connectivity index (χ0v) is 11.9. The van der Waals surface area contributed by atoms with Crippen molar-refractivity contribution >= 4 is 17.3 Å². The highest BCUT2D eigenvalue weighted by Crippen LogP contribution is 2.27. The number of hydrogen-bond donors (Lipinski definition) is 2. The van der Waals surface area contributed by atoms with Gasteiger partial charge >= 0.3 is 0 Å². The van der Waals surface area contributed by atoms with Crippen molar-refractivity contribution in [1.82, 2.24) is 5.32 Å². The van der Waals surface area contributed by atoms with Crippen LogP contribution in [0.15, 0.2) is 18.2 Å². The van der Waals surface area contributed by atoms with Crippen LogP contribution in [-0.4, -0.2) is 32.7 Å². The number of nitrogen functional groups attached to an aromatic ring is 1. The fourth-order valence-electron chi connectivity index (χ4n) is 1.69. The molecule has 1 aromatic carbocycles. The van der Waals surface area contributed by atoms with Gasteiger partial charge in [-0.15, -0.1) is 0 Å². The van der Waals surface area contributed by atoms with E-state index in [1.165, 1.54) is 0 Å². The lowest BCUT2D eigenvalue weighted by Crippen LogP contribution is -2.35. The number of benzene rings is 1. The van der Waals surface area contributed by atoms with Crippen LogP contribution in [0.5, 0.6) is 5.75 Å². The Morgan fingerprint density at radius 1 is 1.42 bits per heavy atom. The third kappa shape index (κ3) is 4.35. The van der Waals surface area contributed by atoms with Crippen LogP contribution in [0.25, 0.3) is 0 Å². The van der Waals surface area contributed by atoms with E-state index in [0.29, 0.717) is 24.6 Å². The molecule has 0 aliphatic carbocycles. The van der Waals surface area contributed by atoms with Crippen molar-refractivity contribution < 1.29 is 9.53 Å². The van der Waals surface area contributed by atoms with E-state index >= 15 is 0 Å². The molecule has 19 heavy (non-hydrogen) atoms. The third-order valence-electron chi connectivity index (χ3n) is 2.82. The van der Waals surface area contributed by atoms with E-state index in [4.69, 9.17) is 10.5 Å². The molecule has 0 radical (unpaired) electrons. The first-order valence-electron chi connectivity index (χ1n) is 6.60. The first kappa shape index (κ1) is 15.1. The molecular formula is C14H23N3O2. The predicted molar refractivity (Wildman–Crippen MR) is 78.6 cm³/mol. The molecule has 3 N–H and O–H groups in total. The SMILES string of the molecule is CCCOc1cc(N(CC)CC(=O)NC)ccc1N. The first-order valence-corrected chi connectivity index (χ1v) is 6.60. The van der Waals surface area contributed by atoms with Gasteiger partial charge in [0.05, 0.1) is 18.8 Å². The molecule has 0 saturated carbocycles. The molecule has 5 nitrogen and oxygen atoms in total. The molecule has 0 aliphatic heterocycles. The molecule has 0 saturated heterocycles. The molecule has 0 spiro atoms. The molecule has 1 amide bonds. The van der Waals surface area contributed by atoms with E-state index in [-0.39, 0.29) is 5.91 Å². The molecule has 0 atom stereocenters. The molecule has 0 fully saturated rings. The van der Waals surface area contributed by atoms with Crippen LogP contribution in [0.1, 0.15) is 20.3 Å². The third-order valence-corrected chi connectivity index (χ3v) is 2.82. The molecule has 5 heteroatoms. The number of carbonyl (C=O) groups is 1. The summed E-state index contributed by atoms with van der Waals surface area (Å²) in [6.07, 6.45) is 0.930. The van der Waals surface area contributed by atoms with Gasteiger partial charge in [-0.1, -0.05) is 6.92 Å². The number of ether oxygens (including phenoxy) is 1. The Morgan fingerprint density at radius 2 is 2.16 bits per heavy atom. The second-order valence-corrected chi connectivity index (χ2v) is 4.26. The number of rotatable bonds is 7. The number of likely N-dealkylation sites (N-methyl/N-ethyl adjacent to an activating group) is 2. The number of nitrogens with zero attached hydrogens (tertiary/aromatic N) is 1. The van der Waals surface area contributed by atoms with Crippen molar-refractivity contribution in [2.45, 2.75) is 20.3 Å². The maximum Gasteiger partial charge on any atom is 0.239 e. The van der Waals surface area contributed by atoms with E-state index in [1.54, 1.807) is 7.05 Å². The summed E-state index contributed by atoms with van der Waals surface area (Å²) in [4.78, 5) is 13.4. The van der Waals surface area contributed by atoms with E-state index in [9.17, 15) is 4.79 Å². The Labute approximate surface area is 114 Å². The average molecular weight is 265 g/mol. The first-order chi connectivity index (χ1) is 9.12. The number of carbonyl (C=O) groups excluding carboxylic acids is 1. The van der Waals surface area contributed by atoms with Gasteiger partial charge in [-0.3, -0.25) is 4.79 Å². The summed E-state index contributed by atoms with van der Waals surface area (Å²) >= 11 is 0. The van der Waals surface area contributed by atoms with Gasteiger partial charge < -0.3 is 20.7 Å². The van der Waals surface area contributed by atoms with Crippen molar-refractivity contribution in [1.29, 1.82) is 0 Å². The van der Waals surface area contributed by atoms with Crippen LogP contribution >= 0.6 is 0 Å². The van der Waals surface area contributed by atoms with E-state index < -0.39 is 0 Å². The molecule has 0 unspecified atom stereocenters. The largest absolute Gasteiger partial charge is 0.491 e. The Kier molecular flexibility index (Phi) is 5.99. The number of anilines is 2. The minimum absolute atomic E-state index is 0.0188. The highest BCUT2D eigenvalue weighted by molar-refractivity contribution is 5.81. The normalized spacial score (nSPS) is 10.1. The zero-order chi connectivity index (χ0) is 14.3. The maximum atomic E-state index is 11.5. The van der Waals surface area contributed by atoms with Gasteiger partial charge in [0.25, 0.3) is 0 Å². The van der Waals surface area contributed by atoms with Crippen molar-refractivity contribution in [3.63, 3.8) is 0 Å². The second kappa shape index (κ2) is 7.51. The van der Waals surface area contributed by atoms with Crippen molar-refractivity contribution in [2.24, 2.45) is 0 Å². The molecule has 0 aromatic heterocycles. The lowest BCUT2D eigenvalue weighted by molar-refractivity contribution is -0.119. The molecule has 0 bridgehead atoms. The minimum atomic E-state index is -0.0188. The number of nitrogens with two attached hydrogens (primary N) is 1. The van der Waals surface area contributed by atoms with Crippen LogP contribution in [-0.2, 0) is 4.79 Å². The maximum absolute atomic E-state index is 11.5. The standard InChI is InChI=1S/C14H23N3O2/c1-4-8-19-13-9-11(6-7-12(13)15)17(5-2)10-14(18)16-3/h6-7,9H,4-5,8,10,15H2,1-3H3,(H,16,18). The lowest BCUT2D eigenvalue weighted by Gasteiger charge is -2.23. The lowest BCUT2D eigenvalue weighted by atomic mass is 10.2. The summed E-state index contributed by atoms with van der Waals surface area (Å²) in [6, 6.07) is 5.60. The van der Waals surface area contributed by atoms with Crippen LogP contribution in [0.4, 0.5) is 11.4 Å². The fraction of sp³-hybridized carbons (Fsp3) is 0.500. The van der Waals surface area contributed by atoms with Crippen molar-refractivity contribution in [3.05, 3.63) is 18.2 Å². The van der Waals surface area contributed by atoms with Crippen LogP contribution in [0.2, 0.25) is 0 Å². The zero-order valence-electron chi connectivity index (χ0n) is 11.9. The fourth-order valence-corrected chi connectivity index (χ4v) is 1.69. The van der Waals surface area contributed by atoms with Crippen molar-refractivity contribution in [3.8, 4) is 5.75 Å². The van der Waals surface area contributed by atoms with E-state index in [1.807, 2.05) is 36.9 Å². The van der Waals surface area contributed by atoms with Crippen LogP contribution in [0, 0.1) is 0 Å². The highest BCUT2D eigenvalue weighted by atomic mass is 16.5. The Morgan fingerprint density at radius 3 is 2.74 bits per heavy atom. The molecule has 0 aliphatic rings. The molecule has 0 heterocycles. The van der Waals surface area contributed by atoms with Crippen LogP contribution in [0.3, 0.4) is 0 Å². The average Bonchev–Trinajstić information content (AvgIpc) is 2.43. The summed E-state index contributed by atoms with van der Waals surface area (Å²) in [5.41, 5.74) is 7.43. The summed E-state index contributed by atoms with van der Waals surface area (Å²) in [5.74, 6) is 0.657. The van der Waals surface area contributed by atoms with E-state index in [0.717, 1.165) is 18.7 Å². The smallest absolute Gasteiger partial charge is 0.239 e. The predicted octanol–water partition coefficient (Wildman–Crippen LogP) is 1.63.